The second-order valence-corrected chi connectivity index (χ2v) is 3.61. The number of aromatic nitrogens is 2. The van der Waals surface area contributed by atoms with Gasteiger partial charge >= 0.3 is 6.01 Å². The summed E-state index contributed by atoms with van der Waals surface area (Å²) < 4.78 is 10.6. The summed E-state index contributed by atoms with van der Waals surface area (Å²) in [6.45, 7) is 2.36. The van der Waals surface area contributed by atoms with Crippen molar-refractivity contribution in [3.8, 4) is 11.9 Å². The van der Waals surface area contributed by atoms with Crippen molar-refractivity contribution in [1.29, 1.82) is 0 Å². The van der Waals surface area contributed by atoms with E-state index in [1.807, 2.05) is 37.3 Å². The number of benzene rings is 1. The van der Waals surface area contributed by atoms with Crippen LogP contribution in [0.25, 0.3) is 0 Å². The number of hydrogen-bond donors (Lipinski definition) is 0. The number of ether oxygens (including phenoxy) is 2. The van der Waals surface area contributed by atoms with E-state index in [2.05, 4.69) is 9.97 Å². The van der Waals surface area contributed by atoms with Crippen LogP contribution in [-0.4, -0.2) is 17.1 Å². The zero-order valence-electron chi connectivity index (χ0n) is 9.88. The zero-order valence-corrected chi connectivity index (χ0v) is 9.88. The Kier molecular flexibility index (Phi) is 3.55. The average Bonchev–Trinajstić information content (AvgIpc) is 2.37. The minimum absolute atomic E-state index is 0.327. The quantitative estimate of drug-likeness (QED) is 0.808. The Labute approximate surface area is 100 Å². The fourth-order valence-corrected chi connectivity index (χ4v) is 1.41. The maximum atomic E-state index is 5.58. The molecule has 2 aromatic rings. The highest BCUT2D eigenvalue weighted by Gasteiger charge is 2.03. The molecule has 0 N–H and O–H groups in total. The number of methoxy groups -OCH3 is 1. The lowest BCUT2D eigenvalue weighted by Crippen LogP contribution is -2.00. The van der Waals surface area contributed by atoms with Gasteiger partial charge in [-0.2, -0.15) is 4.98 Å². The number of nitrogens with zero attached hydrogens (tertiary/aromatic N) is 2. The molecule has 0 aliphatic rings. The van der Waals surface area contributed by atoms with Gasteiger partial charge in [-0.15, -0.1) is 0 Å². The minimum Gasteiger partial charge on any atom is -0.473 e. The highest BCUT2D eigenvalue weighted by molar-refractivity contribution is 5.19. The Bertz CT molecular complexity index is 486. The van der Waals surface area contributed by atoms with E-state index < -0.39 is 0 Å². The van der Waals surface area contributed by atoms with Crippen molar-refractivity contribution >= 4 is 0 Å². The van der Waals surface area contributed by atoms with E-state index in [-0.39, 0.29) is 0 Å². The lowest BCUT2D eigenvalue weighted by Gasteiger charge is -2.07. The lowest BCUT2D eigenvalue weighted by atomic mass is 10.2. The van der Waals surface area contributed by atoms with Crippen molar-refractivity contribution in [2.45, 2.75) is 13.5 Å². The van der Waals surface area contributed by atoms with Crippen LogP contribution >= 0.6 is 0 Å². The summed E-state index contributed by atoms with van der Waals surface area (Å²) in [6, 6.07) is 12.0. The van der Waals surface area contributed by atoms with Crippen LogP contribution in [0.3, 0.4) is 0 Å². The molecule has 1 heterocycles. The van der Waals surface area contributed by atoms with Crippen LogP contribution in [-0.2, 0) is 6.61 Å². The van der Waals surface area contributed by atoms with Gasteiger partial charge in [-0.1, -0.05) is 30.3 Å². The summed E-state index contributed by atoms with van der Waals surface area (Å²) in [5.41, 5.74) is 1.92. The van der Waals surface area contributed by atoms with Crippen LogP contribution in [0.4, 0.5) is 0 Å². The summed E-state index contributed by atoms with van der Waals surface area (Å²) in [4.78, 5) is 8.21. The van der Waals surface area contributed by atoms with Gasteiger partial charge < -0.3 is 9.47 Å². The summed E-state index contributed by atoms with van der Waals surface area (Å²) in [7, 11) is 1.54. The van der Waals surface area contributed by atoms with E-state index in [0.29, 0.717) is 18.5 Å². The van der Waals surface area contributed by atoms with E-state index in [1.54, 1.807) is 6.07 Å². The van der Waals surface area contributed by atoms with Crippen LogP contribution in [0, 0.1) is 6.92 Å². The Hall–Kier alpha value is -2.10. The molecule has 0 fully saturated rings. The molecular weight excluding hydrogens is 216 g/mol. The first-order valence-electron chi connectivity index (χ1n) is 5.34. The van der Waals surface area contributed by atoms with Crippen molar-refractivity contribution in [2.24, 2.45) is 0 Å². The van der Waals surface area contributed by atoms with E-state index in [1.165, 1.54) is 7.11 Å². The monoisotopic (exact) mass is 230 g/mol. The maximum Gasteiger partial charge on any atom is 0.319 e. The first-order valence-corrected chi connectivity index (χ1v) is 5.34. The molecule has 0 aliphatic carbocycles. The average molecular weight is 230 g/mol. The smallest absolute Gasteiger partial charge is 0.319 e. The molecule has 0 aliphatic heterocycles. The van der Waals surface area contributed by atoms with Gasteiger partial charge in [0.2, 0.25) is 5.88 Å². The molecular formula is C13H14N2O2. The normalized spacial score (nSPS) is 10.0. The van der Waals surface area contributed by atoms with E-state index in [0.717, 1.165) is 11.3 Å². The summed E-state index contributed by atoms with van der Waals surface area (Å²) in [5, 5.41) is 0. The highest BCUT2D eigenvalue weighted by atomic mass is 16.5. The third kappa shape index (κ3) is 3.17. The molecule has 2 rings (SSSR count). The number of rotatable bonds is 4. The molecule has 4 heteroatoms. The van der Waals surface area contributed by atoms with Crippen molar-refractivity contribution in [3.63, 3.8) is 0 Å². The van der Waals surface area contributed by atoms with Gasteiger partial charge in [-0.3, -0.25) is 0 Å². The predicted molar refractivity (Wildman–Crippen MR) is 64.1 cm³/mol. The Balaban J connectivity index is 2.06. The lowest BCUT2D eigenvalue weighted by molar-refractivity contribution is 0.283. The maximum absolute atomic E-state index is 5.58. The second kappa shape index (κ2) is 5.30. The first-order chi connectivity index (χ1) is 8.28. The van der Waals surface area contributed by atoms with Crippen LogP contribution < -0.4 is 9.47 Å². The minimum atomic E-state index is 0.327. The molecule has 88 valence electrons. The van der Waals surface area contributed by atoms with Gasteiger partial charge in [-0.25, -0.2) is 4.98 Å². The van der Waals surface area contributed by atoms with E-state index >= 15 is 0 Å². The first kappa shape index (κ1) is 11.4. The van der Waals surface area contributed by atoms with Gasteiger partial charge in [0.25, 0.3) is 0 Å². The SMILES string of the molecule is COc1nc(C)cc(OCc2ccccc2)n1. The zero-order chi connectivity index (χ0) is 12.1. The van der Waals surface area contributed by atoms with Gasteiger partial charge in [0.15, 0.2) is 0 Å². The molecule has 0 radical (unpaired) electrons. The second-order valence-electron chi connectivity index (χ2n) is 3.61. The van der Waals surface area contributed by atoms with Crippen LogP contribution in [0.5, 0.6) is 11.9 Å². The van der Waals surface area contributed by atoms with Crippen molar-refractivity contribution in [1.82, 2.24) is 9.97 Å². The molecule has 0 unspecified atom stereocenters. The Morgan fingerprint density at radius 2 is 1.88 bits per heavy atom. The summed E-state index contributed by atoms with van der Waals surface area (Å²) >= 11 is 0. The third-order valence-electron chi connectivity index (χ3n) is 2.22. The Morgan fingerprint density at radius 3 is 2.59 bits per heavy atom. The van der Waals surface area contributed by atoms with Gasteiger partial charge in [0.1, 0.15) is 6.61 Å². The molecule has 17 heavy (non-hydrogen) atoms. The molecule has 0 saturated carbocycles. The van der Waals surface area contributed by atoms with Gasteiger partial charge in [-0.05, 0) is 12.5 Å². The number of hydrogen-bond acceptors (Lipinski definition) is 4. The third-order valence-corrected chi connectivity index (χ3v) is 2.22. The largest absolute Gasteiger partial charge is 0.473 e. The molecule has 0 saturated heterocycles. The summed E-state index contributed by atoms with van der Waals surface area (Å²) in [6.07, 6.45) is 0. The fraction of sp³-hybridized carbons (Fsp3) is 0.231. The van der Waals surface area contributed by atoms with Gasteiger partial charge in [0, 0.05) is 11.8 Å². The molecule has 4 nitrogen and oxygen atoms in total. The van der Waals surface area contributed by atoms with Crippen LogP contribution in [0.2, 0.25) is 0 Å². The molecule has 0 bridgehead atoms. The predicted octanol–water partition coefficient (Wildman–Crippen LogP) is 2.37. The van der Waals surface area contributed by atoms with Crippen molar-refractivity contribution < 1.29 is 9.47 Å². The Morgan fingerprint density at radius 1 is 1.12 bits per heavy atom. The highest BCUT2D eigenvalue weighted by Crippen LogP contribution is 2.14. The van der Waals surface area contributed by atoms with Crippen molar-refractivity contribution in [2.75, 3.05) is 7.11 Å². The molecule has 0 spiro atoms. The number of aryl methyl sites for hydroxylation is 1. The topological polar surface area (TPSA) is 44.2 Å². The molecule has 0 atom stereocenters. The standard InChI is InChI=1S/C13H14N2O2/c1-10-8-12(15-13(14-10)16-2)17-9-11-6-4-3-5-7-11/h3-8H,9H2,1-2H3. The van der Waals surface area contributed by atoms with Gasteiger partial charge in [0.05, 0.1) is 7.11 Å². The summed E-state index contributed by atoms with van der Waals surface area (Å²) in [5.74, 6) is 0.526. The van der Waals surface area contributed by atoms with Crippen molar-refractivity contribution in [3.05, 3.63) is 47.7 Å². The molecule has 0 amide bonds. The van der Waals surface area contributed by atoms with E-state index in [9.17, 15) is 0 Å². The van der Waals surface area contributed by atoms with Crippen LogP contribution in [0.15, 0.2) is 36.4 Å². The van der Waals surface area contributed by atoms with Crippen LogP contribution in [0.1, 0.15) is 11.3 Å². The molecule has 1 aromatic carbocycles. The molecule has 1 aromatic heterocycles. The fourth-order valence-electron chi connectivity index (χ4n) is 1.41. The van der Waals surface area contributed by atoms with E-state index in [4.69, 9.17) is 9.47 Å².